The number of nitrogens with one attached hydrogen (secondary N) is 1. The third-order valence-corrected chi connectivity index (χ3v) is 6.37. The summed E-state index contributed by atoms with van der Waals surface area (Å²) in [5, 5.41) is 3.22. The van der Waals surface area contributed by atoms with Crippen molar-refractivity contribution in [3.8, 4) is 11.5 Å². The van der Waals surface area contributed by atoms with Crippen LogP contribution in [-0.4, -0.2) is 24.5 Å². The van der Waals surface area contributed by atoms with Crippen LogP contribution in [0.25, 0.3) is 6.08 Å². The van der Waals surface area contributed by atoms with Crippen molar-refractivity contribution in [1.29, 1.82) is 0 Å². The SMILES string of the molecule is CCOc1cc(C=C2C(=O)NC(=O)N(c3ccc(Cl)cc3)C2=O)cc(Br)c1OCc1ccccc1Cl. The van der Waals surface area contributed by atoms with E-state index in [0.717, 1.165) is 10.5 Å². The van der Waals surface area contributed by atoms with Gasteiger partial charge in [0, 0.05) is 15.6 Å². The van der Waals surface area contributed by atoms with Crippen LogP contribution in [0.4, 0.5) is 10.5 Å². The zero-order chi connectivity index (χ0) is 25.8. The number of hydrogen-bond acceptors (Lipinski definition) is 5. The Bertz CT molecular complexity index is 1380. The standard InChI is InChI=1S/C26H19BrCl2N2O5/c1-2-35-22-13-15(12-20(27)23(22)36-14-16-5-3-4-6-21(16)29)11-19-24(32)30-26(34)31(25(19)33)18-9-7-17(28)8-10-18/h3-13H,2,14H2,1H3,(H,30,32,34). The van der Waals surface area contributed by atoms with Gasteiger partial charge >= 0.3 is 6.03 Å². The van der Waals surface area contributed by atoms with Crippen LogP contribution in [0, 0.1) is 0 Å². The number of rotatable bonds is 7. The molecule has 1 N–H and O–H groups in total. The second-order valence-corrected chi connectivity index (χ2v) is 9.28. The molecule has 0 radical (unpaired) electrons. The molecule has 1 heterocycles. The summed E-state index contributed by atoms with van der Waals surface area (Å²) < 4.78 is 12.3. The molecule has 0 bridgehead atoms. The Hall–Kier alpha value is -3.33. The highest BCUT2D eigenvalue weighted by atomic mass is 79.9. The number of carbonyl (C=O) groups excluding carboxylic acids is 3. The lowest BCUT2D eigenvalue weighted by molar-refractivity contribution is -0.122. The van der Waals surface area contributed by atoms with Crippen LogP contribution >= 0.6 is 39.1 Å². The fourth-order valence-corrected chi connectivity index (χ4v) is 4.38. The van der Waals surface area contributed by atoms with Crippen molar-refractivity contribution in [2.45, 2.75) is 13.5 Å². The summed E-state index contributed by atoms with van der Waals surface area (Å²) in [6, 6.07) is 15.9. The fraction of sp³-hybridized carbons (Fsp3) is 0.115. The lowest BCUT2D eigenvalue weighted by Gasteiger charge is -2.26. The topological polar surface area (TPSA) is 84.9 Å². The Balaban J connectivity index is 1.66. The van der Waals surface area contributed by atoms with Gasteiger partial charge < -0.3 is 9.47 Å². The lowest BCUT2D eigenvalue weighted by Crippen LogP contribution is -2.54. The molecule has 1 fully saturated rings. The number of benzene rings is 3. The number of hydrogen-bond donors (Lipinski definition) is 1. The number of barbiturate groups is 1. The minimum Gasteiger partial charge on any atom is -0.490 e. The number of halogens is 3. The van der Waals surface area contributed by atoms with E-state index < -0.39 is 17.8 Å². The summed E-state index contributed by atoms with van der Waals surface area (Å²) in [5.41, 5.74) is 1.35. The van der Waals surface area contributed by atoms with Gasteiger partial charge in [0.1, 0.15) is 12.2 Å². The average Bonchev–Trinajstić information content (AvgIpc) is 2.83. The van der Waals surface area contributed by atoms with E-state index in [1.165, 1.54) is 18.2 Å². The van der Waals surface area contributed by atoms with Gasteiger partial charge in [0.05, 0.1) is 16.8 Å². The maximum Gasteiger partial charge on any atom is 0.335 e. The highest BCUT2D eigenvalue weighted by Gasteiger charge is 2.36. The smallest absolute Gasteiger partial charge is 0.335 e. The van der Waals surface area contributed by atoms with Crippen LogP contribution < -0.4 is 19.7 Å². The van der Waals surface area contributed by atoms with E-state index in [0.29, 0.717) is 38.2 Å². The third-order valence-electron chi connectivity index (χ3n) is 5.16. The molecule has 0 saturated carbocycles. The van der Waals surface area contributed by atoms with Crippen LogP contribution in [0.3, 0.4) is 0 Å². The number of urea groups is 1. The van der Waals surface area contributed by atoms with Gasteiger partial charge in [0.2, 0.25) is 0 Å². The molecule has 1 aliphatic heterocycles. The van der Waals surface area contributed by atoms with Crippen LogP contribution in [0.15, 0.2) is 70.7 Å². The summed E-state index contributed by atoms with van der Waals surface area (Å²) >= 11 is 15.6. The molecule has 4 amide bonds. The summed E-state index contributed by atoms with van der Waals surface area (Å²) in [7, 11) is 0. The Kier molecular flexibility index (Phi) is 7.98. The Labute approximate surface area is 225 Å². The average molecular weight is 590 g/mol. The summed E-state index contributed by atoms with van der Waals surface area (Å²) in [4.78, 5) is 39.0. The number of ether oxygens (including phenoxy) is 2. The molecular formula is C26H19BrCl2N2O5. The molecule has 7 nitrogen and oxygen atoms in total. The van der Waals surface area contributed by atoms with E-state index in [9.17, 15) is 14.4 Å². The predicted molar refractivity (Wildman–Crippen MR) is 142 cm³/mol. The molecule has 3 aromatic rings. The lowest BCUT2D eigenvalue weighted by atomic mass is 10.1. The van der Waals surface area contributed by atoms with E-state index in [2.05, 4.69) is 21.2 Å². The Morgan fingerprint density at radius 2 is 1.72 bits per heavy atom. The normalized spacial score (nSPS) is 14.7. The first kappa shape index (κ1) is 25.8. The van der Waals surface area contributed by atoms with Crippen LogP contribution in [0.5, 0.6) is 11.5 Å². The van der Waals surface area contributed by atoms with Crippen LogP contribution in [0.2, 0.25) is 10.0 Å². The van der Waals surface area contributed by atoms with Gasteiger partial charge in [0.25, 0.3) is 11.8 Å². The van der Waals surface area contributed by atoms with Gasteiger partial charge in [-0.05, 0) is 77.0 Å². The van der Waals surface area contributed by atoms with E-state index in [1.807, 2.05) is 25.1 Å². The second kappa shape index (κ2) is 11.2. The van der Waals surface area contributed by atoms with Gasteiger partial charge in [0.15, 0.2) is 11.5 Å². The summed E-state index contributed by atoms with van der Waals surface area (Å²) in [6.45, 7) is 2.38. The van der Waals surface area contributed by atoms with Crippen molar-refractivity contribution >= 4 is 68.7 Å². The van der Waals surface area contributed by atoms with Crippen molar-refractivity contribution in [3.63, 3.8) is 0 Å². The molecule has 184 valence electrons. The number of anilines is 1. The first-order valence-electron chi connectivity index (χ1n) is 10.8. The van der Waals surface area contributed by atoms with Gasteiger partial charge in [-0.25, -0.2) is 9.69 Å². The maximum atomic E-state index is 13.2. The molecule has 0 atom stereocenters. The van der Waals surface area contributed by atoms with Crippen molar-refractivity contribution in [2.24, 2.45) is 0 Å². The summed E-state index contributed by atoms with van der Waals surface area (Å²) in [6.07, 6.45) is 1.39. The first-order valence-corrected chi connectivity index (χ1v) is 12.3. The fourth-order valence-electron chi connectivity index (χ4n) is 3.49. The second-order valence-electron chi connectivity index (χ2n) is 7.58. The predicted octanol–water partition coefficient (Wildman–Crippen LogP) is 6.40. The molecule has 36 heavy (non-hydrogen) atoms. The molecule has 1 saturated heterocycles. The molecule has 0 unspecified atom stereocenters. The molecule has 10 heteroatoms. The Morgan fingerprint density at radius 1 is 1.00 bits per heavy atom. The molecule has 0 spiro atoms. The largest absolute Gasteiger partial charge is 0.490 e. The number of imide groups is 2. The van der Waals surface area contributed by atoms with Crippen LogP contribution in [-0.2, 0) is 16.2 Å². The van der Waals surface area contributed by atoms with Gasteiger partial charge in [-0.1, -0.05) is 41.4 Å². The van der Waals surface area contributed by atoms with Crippen molar-refractivity contribution in [3.05, 3.63) is 91.9 Å². The van der Waals surface area contributed by atoms with Gasteiger partial charge in [-0.3, -0.25) is 14.9 Å². The quantitative estimate of drug-likeness (QED) is 0.255. The zero-order valence-corrected chi connectivity index (χ0v) is 22.0. The minimum absolute atomic E-state index is 0.206. The van der Waals surface area contributed by atoms with E-state index in [1.54, 1.807) is 30.3 Å². The number of amides is 4. The van der Waals surface area contributed by atoms with Gasteiger partial charge in [-0.15, -0.1) is 0 Å². The van der Waals surface area contributed by atoms with E-state index >= 15 is 0 Å². The molecular weight excluding hydrogens is 571 g/mol. The van der Waals surface area contributed by atoms with E-state index in [4.69, 9.17) is 32.7 Å². The molecule has 0 aromatic heterocycles. The summed E-state index contributed by atoms with van der Waals surface area (Å²) in [5.74, 6) is -0.723. The van der Waals surface area contributed by atoms with E-state index in [-0.39, 0.29) is 17.9 Å². The van der Waals surface area contributed by atoms with Crippen LogP contribution in [0.1, 0.15) is 18.1 Å². The highest BCUT2D eigenvalue weighted by Crippen LogP contribution is 2.38. The van der Waals surface area contributed by atoms with Crippen molar-refractivity contribution in [2.75, 3.05) is 11.5 Å². The Morgan fingerprint density at radius 3 is 2.42 bits per heavy atom. The first-order chi connectivity index (χ1) is 17.3. The molecule has 1 aliphatic rings. The third kappa shape index (κ3) is 5.56. The van der Waals surface area contributed by atoms with Crippen molar-refractivity contribution < 1.29 is 23.9 Å². The van der Waals surface area contributed by atoms with Crippen molar-refractivity contribution in [1.82, 2.24) is 5.32 Å². The number of carbonyl (C=O) groups is 3. The molecule has 0 aliphatic carbocycles. The molecule has 3 aromatic carbocycles. The monoisotopic (exact) mass is 588 g/mol. The number of nitrogens with zero attached hydrogens (tertiary/aromatic N) is 1. The molecule has 4 rings (SSSR count). The zero-order valence-electron chi connectivity index (χ0n) is 18.9. The minimum atomic E-state index is -0.844. The maximum absolute atomic E-state index is 13.2. The highest BCUT2D eigenvalue weighted by molar-refractivity contribution is 9.10. The van der Waals surface area contributed by atoms with Gasteiger partial charge in [-0.2, -0.15) is 0 Å².